The molecule has 0 saturated carbocycles. The van der Waals surface area contributed by atoms with Crippen molar-refractivity contribution in [3.63, 3.8) is 0 Å². The summed E-state index contributed by atoms with van der Waals surface area (Å²) in [5.74, 6) is -1.11. The van der Waals surface area contributed by atoms with Gasteiger partial charge in [0, 0.05) is 15.9 Å². The van der Waals surface area contributed by atoms with Crippen molar-refractivity contribution in [3.8, 4) is 0 Å². The van der Waals surface area contributed by atoms with Crippen molar-refractivity contribution in [2.75, 3.05) is 6.61 Å². The number of benzene rings is 2. The highest BCUT2D eigenvalue weighted by atomic mass is 35.5. The number of para-hydroxylation sites is 2. The van der Waals surface area contributed by atoms with Gasteiger partial charge in [-0.1, -0.05) is 35.3 Å². The Labute approximate surface area is 156 Å². The maximum atomic E-state index is 12.3. The number of aromatic amines is 1. The maximum Gasteiger partial charge on any atom is 0.420 e. The molecule has 2 heterocycles. The standard InChI is InChI=1S/C18H12Cl2N2O4/c19-10-5-6-12-11(9-10)15(20)16(21-12)17(23)25-8-7-22-13-3-1-2-4-14(13)26-18(22)24/h1-6,9,21H,7-8H2. The lowest BCUT2D eigenvalue weighted by atomic mass is 10.2. The molecule has 0 amide bonds. The minimum atomic E-state index is -0.608. The zero-order valence-electron chi connectivity index (χ0n) is 13.3. The van der Waals surface area contributed by atoms with E-state index in [-0.39, 0.29) is 23.9 Å². The Hall–Kier alpha value is -2.70. The lowest BCUT2D eigenvalue weighted by molar-refractivity contribution is 0.0484. The molecule has 0 radical (unpaired) electrons. The fourth-order valence-corrected chi connectivity index (χ4v) is 3.25. The first-order valence-electron chi connectivity index (χ1n) is 7.77. The minimum absolute atomic E-state index is 0.00524. The minimum Gasteiger partial charge on any atom is -0.459 e. The van der Waals surface area contributed by atoms with Gasteiger partial charge in [-0.05, 0) is 30.3 Å². The van der Waals surface area contributed by atoms with Gasteiger partial charge < -0.3 is 14.1 Å². The van der Waals surface area contributed by atoms with Crippen LogP contribution in [-0.2, 0) is 11.3 Å². The lowest BCUT2D eigenvalue weighted by Gasteiger charge is -2.04. The summed E-state index contributed by atoms with van der Waals surface area (Å²) in [6, 6.07) is 12.1. The van der Waals surface area contributed by atoms with Crippen molar-refractivity contribution in [1.29, 1.82) is 0 Å². The van der Waals surface area contributed by atoms with E-state index in [0.717, 1.165) is 0 Å². The number of nitrogens with one attached hydrogen (secondary N) is 1. The summed E-state index contributed by atoms with van der Waals surface area (Å²) >= 11 is 12.2. The topological polar surface area (TPSA) is 77.2 Å². The number of hydrogen-bond acceptors (Lipinski definition) is 4. The molecule has 0 aliphatic rings. The summed E-state index contributed by atoms with van der Waals surface area (Å²) < 4.78 is 11.8. The monoisotopic (exact) mass is 390 g/mol. The van der Waals surface area contributed by atoms with E-state index in [4.69, 9.17) is 32.4 Å². The zero-order chi connectivity index (χ0) is 18.3. The molecule has 0 atom stereocenters. The Bertz CT molecular complexity index is 1190. The van der Waals surface area contributed by atoms with Crippen molar-refractivity contribution in [1.82, 2.24) is 9.55 Å². The Morgan fingerprint density at radius 2 is 2.00 bits per heavy atom. The number of esters is 1. The fourth-order valence-electron chi connectivity index (χ4n) is 2.80. The molecule has 0 saturated heterocycles. The SMILES string of the molecule is O=C(OCCn1c(=O)oc2ccccc21)c1[nH]c2ccc(Cl)cc2c1Cl. The molecule has 0 bridgehead atoms. The Morgan fingerprint density at radius 3 is 2.85 bits per heavy atom. The average Bonchev–Trinajstić information content (AvgIpc) is 3.12. The van der Waals surface area contributed by atoms with Gasteiger partial charge in [-0.2, -0.15) is 0 Å². The van der Waals surface area contributed by atoms with Crippen molar-refractivity contribution in [2.24, 2.45) is 0 Å². The Balaban J connectivity index is 1.51. The molecular weight excluding hydrogens is 379 g/mol. The summed E-state index contributed by atoms with van der Waals surface area (Å²) in [4.78, 5) is 27.1. The van der Waals surface area contributed by atoms with Gasteiger partial charge >= 0.3 is 11.7 Å². The fraction of sp³-hybridized carbons (Fsp3) is 0.111. The lowest BCUT2D eigenvalue weighted by Crippen LogP contribution is -2.19. The van der Waals surface area contributed by atoms with Crippen molar-refractivity contribution >= 4 is 51.2 Å². The third kappa shape index (κ3) is 2.87. The number of halogens is 2. The van der Waals surface area contributed by atoms with Gasteiger partial charge in [-0.3, -0.25) is 4.57 Å². The average molecular weight is 391 g/mol. The number of fused-ring (bicyclic) bond motifs is 2. The van der Waals surface area contributed by atoms with Crippen LogP contribution in [0.1, 0.15) is 10.5 Å². The van der Waals surface area contributed by atoms with Crippen LogP contribution in [0.3, 0.4) is 0 Å². The van der Waals surface area contributed by atoms with E-state index in [1.165, 1.54) is 4.57 Å². The molecule has 0 aliphatic heterocycles. The second kappa shape index (κ2) is 6.55. The molecule has 2 aromatic carbocycles. The normalized spacial score (nSPS) is 11.3. The van der Waals surface area contributed by atoms with Crippen LogP contribution in [0, 0.1) is 0 Å². The largest absolute Gasteiger partial charge is 0.459 e. The first-order valence-corrected chi connectivity index (χ1v) is 8.52. The zero-order valence-corrected chi connectivity index (χ0v) is 14.8. The van der Waals surface area contributed by atoms with E-state index in [1.807, 2.05) is 0 Å². The van der Waals surface area contributed by atoms with E-state index >= 15 is 0 Å². The van der Waals surface area contributed by atoms with E-state index in [2.05, 4.69) is 4.98 Å². The maximum absolute atomic E-state index is 12.3. The molecule has 1 N–H and O–H groups in total. The van der Waals surface area contributed by atoms with E-state index in [0.29, 0.717) is 27.0 Å². The Morgan fingerprint density at radius 1 is 1.19 bits per heavy atom. The second-order valence-corrected chi connectivity index (χ2v) is 6.44. The molecule has 0 spiro atoms. The summed E-state index contributed by atoms with van der Waals surface area (Å²) in [7, 11) is 0. The molecule has 132 valence electrons. The molecule has 6 nitrogen and oxygen atoms in total. The highest BCUT2D eigenvalue weighted by Crippen LogP contribution is 2.30. The van der Waals surface area contributed by atoms with Crippen LogP contribution in [0.25, 0.3) is 22.0 Å². The van der Waals surface area contributed by atoms with Gasteiger partial charge in [-0.25, -0.2) is 9.59 Å². The van der Waals surface area contributed by atoms with Gasteiger partial charge in [0.15, 0.2) is 5.58 Å². The number of oxazole rings is 1. The molecule has 4 rings (SSSR count). The van der Waals surface area contributed by atoms with E-state index in [9.17, 15) is 9.59 Å². The molecule has 0 unspecified atom stereocenters. The van der Waals surface area contributed by atoms with Gasteiger partial charge in [0.25, 0.3) is 0 Å². The molecule has 0 aliphatic carbocycles. The van der Waals surface area contributed by atoms with Gasteiger partial charge in [0.1, 0.15) is 12.3 Å². The molecular formula is C18H12Cl2N2O4. The van der Waals surface area contributed by atoms with E-state index < -0.39 is 11.7 Å². The van der Waals surface area contributed by atoms with Crippen LogP contribution in [0.2, 0.25) is 10.0 Å². The molecule has 26 heavy (non-hydrogen) atoms. The highest BCUT2D eigenvalue weighted by Gasteiger charge is 2.18. The number of nitrogens with zero attached hydrogens (tertiary/aromatic N) is 1. The predicted molar refractivity (Wildman–Crippen MR) is 99.1 cm³/mol. The smallest absolute Gasteiger partial charge is 0.420 e. The first-order chi connectivity index (χ1) is 12.5. The number of carbonyl (C=O) groups excluding carboxylic acids is 1. The van der Waals surface area contributed by atoms with Crippen LogP contribution >= 0.6 is 23.2 Å². The molecule has 2 aromatic heterocycles. The number of ether oxygens (including phenoxy) is 1. The summed E-state index contributed by atoms with van der Waals surface area (Å²) in [6.45, 7) is 0.167. The van der Waals surface area contributed by atoms with Crippen LogP contribution in [0.15, 0.2) is 51.7 Å². The van der Waals surface area contributed by atoms with E-state index in [1.54, 1.807) is 42.5 Å². The van der Waals surface area contributed by atoms with Crippen molar-refractivity contribution < 1.29 is 13.9 Å². The first kappa shape index (κ1) is 16.8. The van der Waals surface area contributed by atoms with Crippen LogP contribution in [-0.4, -0.2) is 22.1 Å². The molecule has 0 fully saturated rings. The summed E-state index contributed by atoms with van der Waals surface area (Å²) in [5, 5.41) is 1.41. The molecule has 4 aromatic rings. The van der Waals surface area contributed by atoms with Gasteiger partial charge in [0.05, 0.1) is 17.1 Å². The highest BCUT2D eigenvalue weighted by molar-refractivity contribution is 6.39. The number of rotatable bonds is 4. The second-order valence-electron chi connectivity index (χ2n) is 5.63. The number of H-pyrrole nitrogens is 1. The summed E-state index contributed by atoms with van der Waals surface area (Å²) in [5.41, 5.74) is 1.96. The predicted octanol–water partition coefficient (Wildman–Crippen LogP) is 4.24. The number of aromatic nitrogens is 2. The molecule has 8 heteroatoms. The third-order valence-corrected chi connectivity index (χ3v) is 4.65. The van der Waals surface area contributed by atoms with Crippen LogP contribution in [0.5, 0.6) is 0 Å². The quantitative estimate of drug-likeness (QED) is 0.528. The number of carbonyl (C=O) groups is 1. The van der Waals surface area contributed by atoms with Gasteiger partial charge in [-0.15, -0.1) is 0 Å². The van der Waals surface area contributed by atoms with Crippen molar-refractivity contribution in [3.05, 3.63) is 68.8 Å². The van der Waals surface area contributed by atoms with Crippen LogP contribution in [0.4, 0.5) is 0 Å². The number of hydrogen-bond donors (Lipinski definition) is 1. The van der Waals surface area contributed by atoms with Crippen molar-refractivity contribution in [2.45, 2.75) is 6.54 Å². The third-order valence-electron chi connectivity index (χ3n) is 4.02. The Kier molecular flexibility index (Phi) is 4.22. The van der Waals surface area contributed by atoms with Gasteiger partial charge in [0.2, 0.25) is 0 Å². The summed E-state index contributed by atoms with van der Waals surface area (Å²) in [6.07, 6.45) is 0. The van der Waals surface area contributed by atoms with Crippen LogP contribution < -0.4 is 5.76 Å².